The number of anilines is 1. The van der Waals surface area contributed by atoms with E-state index in [4.69, 9.17) is 21.1 Å². The molecule has 0 unspecified atom stereocenters. The van der Waals surface area contributed by atoms with Gasteiger partial charge in [0.1, 0.15) is 11.5 Å². The molecule has 2 rings (SSSR count). The number of benzene rings is 2. The maximum absolute atomic E-state index is 12.2. The normalized spacial score (nSPS) is 11.4. The Morgan fingerprint density at radius 2 is 1.76 bits per heavy atom. The number of hydrogen-bond acceptors (Lipinski definition) is 5. The van der Waals surface area contributed by atoms with Crippen LogP contribution in [0, 0.1) is 0 Å². The zero-order valence-corrected chi connectivity index (χ0v) is 16.1. The highest BCUT2D eigenvalue weighted by atomic mass is 35.5. The summed E-state index contributed by atoms with van der Waals surface area (Å²) in [5.74, 6) is 1.09. The van der Waals surface area contributed by atoms with Gasteiger partial charge in [-0.15, -0.1) is 0 Å². The van der Waals surface area contributed by atoms with Gasteiger partial charge in [0.25, 0.3) is 0 Å². The fourth-order valence-corrected chi connectivity index (χ4v) is 3.43. The Balaban J connectivity index is 2.25. The van der Waals surface area contributed by atoms with Crippen molar-refractivity contribution < 1.29 is 17.9 Å². The van der Waals surface area contributed by atoms with Gasteiger partial charge in [-0.05, 0) is 17.7 Å². The lowest BCUT2D eigenvalue weighted by Gasteiger charge is -2.15. The van der Waals surface area contributed by atoms with Crippen LogP contribution in [0.3, 0.4) is 0 Å². The summed E-state index contributed by atoms with van der Waals surface area (Å²) in [6.07, 6.45) is 0. The topological polar surface area (TPSA) is 67.9 Å². The van der Waals surface area contributed by atoms with Crippen LogP contribution in [-0.4, -0.2) is 41.0 Å². The summed E-state index contributed by atoms with van der Waals surface area (Å²) in [5, 5.41) is 3.67. The second kappa shape index (κ2) is 7.95. The summed E-state index contributed by atoms with van der Waals surface area (Å²) >= 11 is 6.09. The highest BCUT2D eigenvalue weighted by Gasteiger charge is 2.17. The summed E-state index contributed by atoms with van der Waals surface area (Å²) < 4.78 is 36.2. The molecule has 0 atom stereocenters. The smallest absolute Gasteiger partial charge is 0.242 e. The minimum absolute atomic E-state index is 0.248. The molecule has 0 aliphatic rings. The average Bonchev–Trinajstić information content (AvgIpc) is 2.60. The van der Waals surface area contributed by atoms with Crippen molar-refractivity contribution in [2.24, 2.45) is 0 Å². The highest BCUT2D eigenvalue weighted by Crippen LogP contribution is 2.36. The second-order valence-corrected chi connectivity index (χ2v) is 8.03. The third-order valence-electron chi connectivity index (χ3n) is 3.63. The molecule has 0 fully saturated rings. The maximum Gasteiger partial charge on any atom is 0.242 e. The fourth-order valence-electron chi connectivity index (χ4n) is 2.22. The molecule has 136 valence electrons. The molecular weight excluding hydrogens is 364 g/mol. The third-order valence-corrected chi connectivity index (χ3v) is 5.74. The van der Waals surface area contributed by atoms with Gasteiger partial charge in [0.05, 0.1) is 29.8 Å². The molecule has 0 aromatic heterocycles. The van der Waals surface area contributed by atoms with Gasteiger partial charge < -0.3 is 14.8 Å². The molecule has 2 aromatic carbocycles. The van der Waals surface area contributed by atoms with Gasteiger partial charge in [0, 0.05) is 32.8 Å². The standard InChI is InChI=1S/C17H21ClN2O4S/c1-20(2)25(21,22)13-7-5-6-12(8-13)11-19-15-10-16(23-3)14(18)9-17(15)24-4/h5-10,19H,11H2,1-4H3. The molecule has 0 heterocycles. The number of methoxy groups -OCH3 is 2. The summed E-state index contributed by atoms with van der Waals surface area (Å²) in [4.78, 5) is 0.248. The Hall–Kier alpha value is -1.96. The predicted molar refractivity (Wildman–Crippen MR) is 99.2 cm³/mol. The lowest BCUT2D eigenvalue weighted by Crippen LogP contribution is -2.22. The van der Waals surface area contributed by atoms with Crippen molar-refractivity contribution in [3.05, 3.63) is 47.0 Å². The van der Waals surface area contributed by atoms with Crippen LogP contribution in [-0.2, 0) is 16.6 Å². The Bertz CT molecular complexity index is 854. The van der Waals surface area contributed by atoms with Gasteiger partial charge in [0.2, 0.25) is 10.0 Å². The zero-order valence-electron chi connectivity index (χ0n) is 14.5. The van der Waals surface area contributed by atoms with Crippen molar-refractivity contribution in [2.75, 3.05) is 33.6 Å². The molecule has 0 saturated carbocycles. The van der Waals surface area contributed by atoms with Gasteiger partial charge >= 0.3 is 0 Å². The molecule has 0 spiro atoms. The quantitative estimate of drug-likeness (QED) is 0.793. The molecule has 25 heavy (non-hydrogen) atoms. The first kappa shape index (κ1) is 19.4. The van der Waals surface area contributed by atoms with Crippen molar-refractivity contribution in [2.45, 2.75) is 11.4 Å². The van der Waals surface area contributed by atoms with E-state index in [0.29, 0.717) is 28.8 Å². The van der Waals surface area contributed by atoms with Crippen LogP contribution in [0.4, 0.5) is 5.69 Å². The van der Waals surface area contributed by atoms with Crippen LogP contribution in [0.15, 0.2) is 41.3 Å². The van der Waals surface area contributed by atoms with E-state index in [1.165, 1.54) is 25.5 Å². The molecule has 0 aliphatic heterocycles. The van der Waals surface area contributed by atoms with E-state index in [-0.39, 0.29) is 4.90 Å². The zero-order chi connectivity index (χ0) is 18.6. The summed E-state index contributed by atoms with van der Waals surface area (Å²) in [5.41, 5.74) is 1.52. The summed E-state index contributed by atoms with van der Waals surface area (Å²) in [7, 11) is 2.63. The molecule has 6 nitrogen and oxygen atoms in total. The van der Waals surface area contributed by atoms with Crippen molar-refractivity contribution in [3.63, 3.8) is 0 Å². The van der Waals surface area contributed by atoms with Crippen molar-refractivity contribution >= 4 is 27.3 Å². The lowest BCUT2D eigenvalue weighted by molar-refractivity contribution is 0.404. The molecular formula is C17H21ClN2O4S. The lowest BCUT2D eigenvalue weighted by atomic mass is 10.2. The number of hydrogen-bond donors (Lipinski definition) is 1. The van der Waals surface area contributed by atoms with Crippen molar-refractivity contribution in [1.29, 1.82) is 0 Å². The average molecular weight is 385 g/mol. The monoisotopic (exact) mass is 384 g/mol. The van der Waals surface area contributed by atoms with Crippen LogP contribution in [0.1, 0.15) is 5.56 Å². The Morgan fingerprint density at radius 1 is 1.08 bits per heavy atom. The van der Waals surface area contributed by atoms with Crippen LogP contribution in [0.25, 0.3) is 0 Å². The number of sulfonamides is 1. The van der Waals surface area contributed by atoms with Crippen molar-refractivity contribution in [3.8, 4) is 11.5 Å². The second-order valence-electron chi connectivity index (χ2n) is 5.48. The maximum atomic E-state index is 12.2. The molecule has 0 bridgehead atoms. The van der Waals surface area contributed by atoms with E-state index < -0.39 is 10.0 Å². The van der Waals surface area contributed by atoms with E-state index >= 15 is 0 Å². The Morgan fingerprint density at radius 3 is 2.36 bits per heavy atom. The first-order chi connectivity index (χ1) is 11.8. The molecule has 2 aromatic rings. The Kier molecular flexibility index (Phi) is 6.16. The molecule has 0 radical (unpaired) electrons. The number of ether oxygens (including phenoxy) is 2. The minimum Gasteiger partial charge on any atom is -0.495 e. The SMILES string of the molecule is COc1cc(NCc2cccc(S(=O)(=O)N(C)C)c2)c(OC)cc1Cl. The van der Waals surface area contributed by atoms with Crippen LogP contribution >= 0.6 is 11.6 Å². The number of nitrogens with zero attached hydrogens (tertiary/aromatic N) is 1. The first-order valence-electron chi connectivity index (χ1n) is 7.46. The molecule has 0 amide bonds. The van der Waals surface area contributed by atoms with E-state index in [1.807, 2.05) is 6.07 Å². The van der Waals surface area contributed by atoms with Crippen LogP contribution in [0.2, 0.25) is 5.02 Å². The van der Waals surface area contributed by atoms with Crippen molar-refractivity contribution in [1.82, 2.24) is 4.31 Å². The predicted octanol–water partition coefficient (Wildman–Crippen LogP) is 3.22. The first-order valence-corrected chi connectivity index (χ1v) is 9.28. The summed E-state index contributed by atoms with van der Waals surface area (Å²) in [6.45, 7) is 0.415. The number of rotatable bonds is 7. The number of halogens is 1. The van der Waals surface area contributed by atoms with Gasteiger partial charge in [-0.3, -0.25) is 0 Å². The summed E-state index contributed by atoms with van der Waals surface area (Å²) in [6, 6.07) is 10.2. The Labute approximate surface area is 153 Å². The highest BCUT2D eigenvalue weighted by molar-refractivity contribution is 7.89. The van der Waals surface area contributed by atoms with Crippen LogP contribution in [0.5, 0.6) is 11.5 Å². The third kappa shape index (κ3) is 4.36. The van der Waals surface area contributed by atoms with Gasteiger partial charge in [-0.1, -0.05) is 23.7 Å². The van der Waals surface area contributed by atoms with E-state index in [0.717, 1.165) is 5.56 Å². The molecule has 0 saturated heterocycles. The van der Waals surface area contributed by atoms with E-state index in [2.05, 4.69) is 5.32 Å². The van der Waals surface area contributed by atoms with Gasteiger partial charge in [-0.2, -0.15) is 0 Å². The van der Waals surface area contributed by atoms with Gasteiger partial charge in [-0.25, -0.2) is 12.7 Å². The molecule has 0 aliphatic carbocycles. The van der Waals surface area contributed by atoms with E-state index in [9.17, 15) is 8.42 Å². The van der Waals surface area contributed by atoms with E-state index in [1.54, 1.807) is 37.4 Å². The fraction of sp³-hybridized carbons (Fsp3) is 0.294. The minimum atomic E-state index is -3.47. The molecule has 8 heteroatoms. The van der Waals surface area contributed by atoms with Crippen LogP contribution < -0.4 is 14.8 Å². The molecule has 1 N–H and O–H groups in total. The van der Waals surface area contributed by atoms with Gasteiger partial charge in [0.15, 0.2) is 0 Å². The number of nitrogens with one attached hydrogen (secondary N) is 1. The largest absolute Gasteiger partial charge is 0.495 e.